The van der Waals surface area contributed by atoms with E-state index >= 15 is 0 Å². The van der Waals surface area contributed by atoms with E-state index in [2.05, 4.69) is 30.5 Å². The molecule has 0 saturated carbocycles. The van der Waals surface area contributed by atoms with Gasteiger partial charge in [0.05, 0.1) is 0 Å². The first-order valence-corrected chi connectivity index (χ1v) is 6.27. The van der Waals surface area contributed by atoms with Gasteiger partial charge in [0.1, 0.15) is 0 Å². The topological polar surface area (TPSA) is 41.1 Å². The Kier molecular flexibility index (Phi) is 3.79. The molecule has 0 radical (unpaired) electrons. The van der Waals surface area contributed by atoms with Gasteiger partial charge in [-0.2, -0.15) is 0 Å². The van der Waals surface area contributed by atoms with Gasteiger partial charge in [0.25, 0.3) is 5.91 Å². The van der Waals surface area contributed by atoms with E-state index in [0.29, 0.717) is 5.92 Å². The normalized spacial score (nSPS) is 14.5. The fourth-order valence-corrected chi connectivity index (χ4v) is 2.02. The first-order valence-electron chi connectivity index (χ1n) is 6.27. The molecule has 3 heteroatoms. The molecule has 0 aromatic heterocycles. The summed E-state index contributed by atoms with van der Waals surface area (Å²) in [5.41, 5.74) is 3.39. The van der Waals surface area contributed by atoms with Crippen LogP contribution in [0.15, 0.2) is 18.2 Å². The van der Waals surface area contributed by atoms with Crippen molar-refractivity contribution < 1.29 is 4.79 Å². The third kappa shape index (κ3) is 3.07. The largest absolute Gasteiger partial charge is 0.352 e. The van der Waals surface area contributed by atoms with Gasteiger partial charge in [-0.1, -0.05) is 19.9 Å². The Bertz CT molecular complexity index is 413. The van der Waals surface area contributed by atoms with E-state index < -0.39 is 0 Å². The fourth-order valence-electron chi connectivity index (χ4n) is 2.02. The lowest BCUT2D eigenvalue weighted by Crippen LogP contribution is -2.28. The lowest BCUT2D eigenvalue weighted by molar-refractivity contribution is 0.0949. The molecule has 1 amide bonds. The van der Waals surface area contributed by atoms with Crippen molar-refractivity contribution in [2.45, 2.75) is 26.8 Å². The zero-order chi connectivity index (χ0) is 12.3. The molecule has 0 atom stereocenters. The van der Waals surface area contributed by atoms with Crippen LogP contribution in [-0.4, -0.2) is 19.0 Å². The molecular weight excluding hydrogens is 212 g/mol. The minimum atomic E-state index is 0.0343. The third-order valence-electron chi connectivity index (χ3n) is 3.03. The van der Waals surface area contributed by atoms with Crippen molar-refractivity contribution in [3.05, 3.63) is 34.9 Å². The van der Waals surface area contributed by atoms with Crippen LogP contribution in [0.5, 0.6) is 0 Å². The van der Waals surface area contributed by atoms with Crippen LogP contribution < -0.4 is 10.6 Å². The molecule has 2 rings (SSSR count). The second-order valence-corrected chi connectivity index (χ2v) is 5.01. The Labute approximate surface area is 103 Å². The first-order chi connectivity index (χ1) is 8.16. The van der Waals surface area contributed by atoms with Crippen molar-refractivity contribution >= 4 is 5.91 Å². The Morgan fingerprint density at radius 2 is 2.24 bits per heavy atom. The Hall–Kier alpha value is -1.35. The second kappa shape index (κ2) is 5.32. The first kappa shape index (κ1) is 12.1. The zero-order valence-electron chi connectivity index (χ0n) is 10.5. The SMILES string of the molecule is CC(C)CNC(=O)c1ccc2c(c1)CNCC2. The molecule has 0 unspecified atom stereocenters. The smallest absolute Gasteiger partial charge is 0.251 e. The number of nitrogens with one attached hydrogen (secondary N) is 2. The summed E-state index contributed by atoms with van der Waals surface area (Å²) >= 11 is 0. The van der Waals surface area contributed by atoms with Crippen molar-refractivity contribution in [1.29, 1.82) is 0 Å². The zero-order valence-corrected chi connectivity index (χ0v) is 10.5. The summed E-state index contributed by atoms with van der Waals surface area (Å²) in [5, 5.41) is 6.27. The van der Waals surface area contributed by atoms with Crippen LogP contribution in [0.2, 0.25) is 0 Å². The molecular formula is C14H20N2O. The van der Waals surface area contributed by atoms with Gasteiger partial charge in [-0.05, 0) is 42.1 Å². The van der Waals surface area contributed by atoms with Crippen molar-refractivity contribution in [3.63, 3.8) is 0 Å². The summed E-state index contributed by atoms with van der Waals surface area (Å²) < 4.78 is 0. The minimum Gasteiger partial charge on any atom is -0.352 e. The van der Waals surface area contributed by atoms with Crippen LogP contribution >= 0.6 is 0 Å². The van der Waals surface area contributed by atoms with Gasteiger partial charge in [-0.3, -0.25) is 4.79 Å². The molecule has 0 bridgehead atoms. The minimum absolute atomic E-state index is 0.0343. The molecule has 2 N–H and O–H groups in total. The summed E-state index contributed by atoms with van der Waals surface area (Å²) in [6.45, 7) is 6.83. The molecule has 0 spiro atoms. The van der Waals surface area contributed by atoms with Gasteiger partial charge in [0, 0.05) is 18.7 Å². The molecule has 1 aliphatic heterocycles. The van der Waals surface area contributed by atoms with E-state index in [9.17, 15) is 4.79 Å². The van der Waals surface area contributed by atoms with Gasteiger partial charge in [0.15, 0.2) is 0 Å². The average molecular weight is 232 g/mol. The van der Waals surface area contributed by atoms with E-state index in [1.807, 2.05) is 12.1 Å². The second-order valence-electron chi connectivity index (χ2n) is 5.01. The number of hydrogen-bond acceptors (Lipinski definition) is 2. The molecule has 1 aliphatic rings. The molecule has 1 heterocycles. The summed E-state index contributed by atoms with van der Waals surface area (Å²) in [5.74, 6) is 0.519. The van der Waals surface area contributed by atoms with Gasteiger partial charge >= 0.3 is 0 Å². The summed E-state index contributed by atoms with van der Waals surface area (Å²) in [6, 6.07) is 6.03. The Morgan fingerprint density at radius 1 is 1.41 bits per heavy atom. The average Bonchev–Trinajstić information content (AvgIpc) is 2.35. The number of carbonyl (C=O) groups excluding carboxylic acids is 1. The van der Waals surface area contributed by atoms with Gasteiger partial charge < -0.3 is 10.6 Å². The quantitative estimate of drug-likeness (QED) is 0.833. The molecule has 0 fully saturated rings. The van der Waals surface area contributed by atoms with E-state index in [-0.39, 0.29) is 5.91 Å². The highest BCUT2D eigenvalue weighted by molar-refractivity contribution is 5.94. The van der Waals surface area contributed by atoms with E-state index in [1.165, 1.54) is 11.1 Å². The standard InChI is InChI=1S/C14H20N2O/c1-10(2)8-16-14(17)12-4-3-11-5-6-15-9-13(11)7-12/h3-4,7,10,15H,5-6,8-9H2,1-2H3,(H,16,17). The number of carbonyl (C=O) groups is 1. The van der Waals surface area contributed by atoms with E-state index in [4.69, 9.17) is 0 Å². The maximum absolute atomic E-state index is 11.9. The predicted octanol–water partition coefficient (Wildman–Crippen LogP) is 1.72. The van der Waals surface area contributed by atoms with Gasteiger partial charge in [0.2, 0.25) is 0 Å². The monoisotopic (exact) mass is 232 g/mol. The summed E-state index contributed by atoms with van der Waals surface area (Å²) in [4.78, 5) is 11.9. The number of benzene rings is 1. The molecule has 17 heavy (non-hydrogen) atoms. The highest BCUT2D eigenvalue weighted by atomic mass is 16.1. The lowest BCUT2D eigenvalue weighted by Gasteiger charge is -2.17. The Morgan fingerprint density at radius 3 is 3.00 bits per heavy atom. The highest BCUT2D eigenvalue weighted by Crippen LogP contribution is 2.15. The van der Waals surface area contributed by atoms with Gasteiger partial charge in [-0.25, -0.2) is 0 Å². The van der Waals surface area contributed by atoms with Crippen LogP contribution in [-0.2, 0) is 13.0 Å². The van der Waals surface area contributed by atoms with E-state index in [1.54, 1.807) is 0 Å². The number of rotatable bonds is 3. The van der Waals surface area contributed by atoms with Gasteiger partial charge in [-0.15, -0.1) is 0 Å². The molecule has 92 valence electrons. The van der Waals surface area contributed by atoms with Crippen molar-refractivity contribution in [3.8, 4) is 0 Å². The van der Waals surface area contributed by atoms with Crippen molar-refractivity contribution in [1.82, 2.24) is 10.6 Å². The highest BCUT2D eigenvalue weighted by Gasteiger charge is 2.12. The summed E-state index contributed by atoms with van der Waals surface area (Å²) in [6.07, 6.45) is 1.06. The molecule has 1 aromatic rings. The van der Waals surface area contributed by atoms with Crippen LogP contribution in [0, 0.1) is 5.92 Å². The van der Waals surface area contributed by atoms with Crippen LogP contribution in [0.3, 0.4) is 0 Å². The maximum atomic E-state index is 11.9. The number of fused-ring (bicyclic) bond motifs is 1. The van der Waals surface area contributed by atoms with Crippen molar-refractivity contribution in [2.24, 2.45) is 5.92 Å². The molecule has 1 aromatic carbocycles. The van der Waals surface area contributed by atoms with Crippen LogP contribution in [0.4, 0.5) is 0 Å². The lowest BCUT2D eigenvalue weighted by atomic mass is 9.98. The van der Waals surface area contributed by atoms with Crippen molar-refractivity contribution in [2.75, 3.05) is 13.1 Å². The maximum Gasteiger partial charge on any atom is 0.251 e. The molecule has 3 nitrogen and oxygen atoms in total. The third-order valence-corrected chi connectivity index (χ3v) is 3.03. The summed E-state index contributed by atoms with van der Waals surface area (Å²) in [7, 11) is 0. The van der Waals surface area contributed by atoms with Crippen LogP contribution in [0.1, 0.15) is 35.3 Å². The van der Waals surface area contributed by atoms with E-state index in [0.717, 1.165) is 31.6 Å². The molecule has 0 aliphatic carbocycles. The number of hydrogen-bond donors (Lipinski definition) is 2. The fraction of sp³-hybridized carbons (Fsp3) is 0.500. The predicted molar refractivity (Wildman–Crippen MR) is 69.0 cm³/mol. The molecule has 0 saturated heterocycles. The van der Waals surface area contributed by atoms with Crippen LogP contribution in [0.25, 0.3) is 0 Å². The Balaban J connectivity index is 2.08. The number of amides is 1.